The van der Waals surface area contributed by atoms with Crippen LogP contribution in [0.1, 0.15) is 13.3 Å². The third-order valence-electron chi connectivity index (χ3n) is 0.889. The van der Waals surface area contributed by atoms with Crippen molar-refractivity contribution < 1.29 is 9.84 Å². The van der Waals surface area contributed by atoms with Gasteiger partial charge < -0.3 is 9.84 Å². The average molecular weight is 129 g/mol. The number of hydrogen-bond donors (Lipinski definition) is 1. The van der Waals surface area contributed by atoms with Crippen molar-refractivity contribution in [2.75, 3.05) is 13.2 Å². The highest BCUT2D eigenvalue weighted by molar-refractivity contribution is 4.81. The van der Waals surface area contributed by atoms with E-state index in [1.807, 2.05) is 6.92 Å². The number of nitriles is 1. The van der Waals surface area contributed by atoms with Gasteiger partial charge in [-0.15, -0.1) is 0 Å². The van der Waals surface area contributed by atoms with Crippen molar-refractivity contribution in [2.45, 2.75) is 19.4 Å². The van der Waals surface area contributed by atoms with E-state index < -0.39 is 6.10 Å². The molecule has 52 valence electrons. The van der Waals surface area contributed by atoms with Gasteiger partial charge in [0.1, 0.15) is 6.10 Å². The van der Waals surface area contributed by atoms with Gasteiger partial charge in [-0.2, -0.15) is 5.26 Å². The molecule has 0 heterocycles. The van der Waals surface area contributed by atoms with Gasteiger partial charge >= 0.3 is 0 Å². The SMILES string of the molecule is CCOCCC(O)C#N. The molecule has 1 N–H and O–H groups in total. The van der Waals surface area contributed by atoms with Crippen LogP contribution in [0.4, 0.5) is 0 Å². The van der Waals surface area contributed by atoms with Crippen molar-refractivity contribution in [1.82, 2.24) is 0 Å². The minimum atomic E-state index is -0.864. The van der Waals surface area contributed by atoms with E-state index in [4.69, 9.17) is 15.1 Å². The first-order valence-corrected chi connectivity index (χ1v) is 2.96. The molecule has 0 aromatic carbocycles. The summed E-state index contributed by atoms with van der Waals surface area (Å²) in [5.74, 6) is 0. The molecule has 0 bridgehead atoms. The summed E-state index contributed by atoms with van der Waals surface area (Å²) in [5.41, 5.74) is 0. The first kappa shape index (κ1) is 8.41. The number of aliphatic hydroxyl groups excluding tert-OH is 1. The molecule has 3 nitrogen and oxygen atoms in total. The van der Waals surface area contributed by atoms with Crippen LogP contribution in [0.3, 0.4) is 0 Å². The molecule has 1 unspecified atom stereocenters. The van der Waals surface area contributed by atoms with E-state index >= 15 is 0 Å². The molecule has 0 aliphatic rings. The number of ether oxygens (including phenoxy) is 1. The molecule has 9 heavy (non-hydrogen) atoms. The predicted octanol–water partition coefficient (Wildman–Crippen LogP) is 0.297. The maximum absolute atomic E-state index is 8.64. The smallest absolute Gasteiger partial charge is 0.142 e. The summed E-state index contributed by atoms with van der Waals surface area (Å²) < 4.78 is 4.89. The first-order chi connectivity index (χ1) is 4.31. The quantitative estimate of drug-likeness (QED) is 0.438. The van der Waals surface area contributed by atoms with Crippen LogP contribution in [0, 0.1) is 11.3 Å². The van der Waals surface area contributed by atoms with Gasteiger partial charge in [0.25, 0.3) is 0 Å². The Labute approximate surface area is 54.9 Å². The van der Waals surface area contributed by atoms with E-state index in [-0.39, 0.29) is 0 Å². The van der Waals surface area contributed by atoms with Crippen LogP contribution >= 0.6 is 0 Å². The van der Waals surface area contributed by atoms with Crippen molar-refractivity contribution in [3.63, 3.8) is 0 Å². The molecule has 0 saturated carbocycles. The molecule has 0 aromatic heterocycles. The Hall–Kier alpha value is -0.590. The fourth-order valence-corrected chi connectivity index (χ4v) is 0.404. The number of hydrogen-bond acceptors (Lipinski definition) is 3. The highest BCUT2D eigenvalue weighted by atomic mass is 16.5. The minimum absolute atomic E-state index is 0.407. The van der Waals surface area contributed by atoms with Gasteiger partial charge in [0, 0.05) is 13.0 Å². The Morgan fingerprint density at radius 1 is 1.78 bits per heavy atom. The van der Waals surface area contributed by atoms with Crippen LogP contribution in [0.25, 0.3) is 0 Å². The number of aliphatic hydroxyl groups is 1. The van der Waals surface area contributed by atoms with Crippen LogP contribution in [0.5, 0.6) is 0 Å². The Balaban J connectivity index is 2.99. The standard InChI is InChI=1S/C6H11NO2/c1-2-9-4-3-6(8)5-7/h6,8H,2-4H2,1H3. The second kappa shape index (κ2) is 5.54. The normalized spacial score (nSPS) is 12.6. The monoisotopic (exact) mass is 129 g/mol. The van der Waals surface area contributed by atoms with Gasteiger partial charge in [-0.05, 0) is 6.92 Å². The zero-order valence-electron chi connectivity index (χ0n) is 5.50. The predicted molar refractivity (Wildman–Crippen MR) is 32.7 cm³/mol. The lowest BCUT2D eigenvalue weighted by Crippen LogP contribution is -2.07. The van der Waals surface area contributed by atoms with Crippen molar-refractivity contribution in [3.8, 4) is 6.07 Å². The average Bonchev–Trinajstić information content (AvgIpc) is 1.89. The fourth-order valence-electron chi connectivity index (χ4n) is 0.404. The Kier molecular flexibility index (Phi) is 5.18. The van der Waals surface area contributed by atoms with E-state index in [1.54, 1.807) is 6.07 Å². The van der Waals surface area contributed by atoms with E-state index in [2.05, 4.69) is 0 Å². The summed E-state index contributed by atoms with van der Waals surface area (Å²) in [6.07, 6.45) is -0.457. The maximum atomic E-state index is 8.64. The van der Waals surface area contributed by atoms with E-state index in [9.17, 15) is 0 Å². The molecule has 0 rings (SSSR count). The Morgan fingerprint density at radius 2 is 2.44 bits per heavy atom. The lowest BCUT2D eigenvalue weighted by molar-refractivity contribution is 0.109. The zero-order valence-corrected chi connectivity index (χ0v) is 5.50. The molecule has 0 amide bonds. The summed E-state index contributed by atoms with van der Waals surface area (Å²) in [4.78, 5) is 0. The van der Waals surface area contributed by atoms with Crippen molar-refractivity contribution in [1.29, 1.82) is 5.26 Å². The number of rotatable bonds is 4. The Morgan fingerprint density at radius 3 is 2.89 bits per heavy atom. The Bertz CT molecular complexity index is 97.7. The summed E-state index contributed by atoms with van der Waals surface area (Å²) in [6.45, 7) is 2.97. The maximum Gasteiger partial charge on any atom is 0.142 e. The molecule has 0 aromatic rings. The van der Waals surface area contributed by atoms with Crippen LogP contribution in [0.2, 0.25) is 0 Å². The molecule has 1 atom stereocenters. The van der Waals surface area contributed by atoms with Crippen LogP contribution in [-0.4, -0.2) is 24.4 Å². The topological polar surface area (TPSA) is 53.2 Å². The van der Waals surface area contributed by atoms with Crippen molar-refractivity contribution in [3.05, 3.63) is 0 Å². The summed E-state index contributed by atoms with van der Waals surface area (Å²) in [7, 11) is 0. The van der Waals surface area contributed by atoms with Crippen LogP contribution in [0.15, 0.2) is 0 Å². The second-order valence-corrected chi connectivity index (χ2v) is 1.63. The molecular formula is C6H11NO2. The molecule has 0 fully saturated rings. The van der Waals surface area contributed by atoms with E-state index in [0.29, 0.717) is 19.6 Å². The van der Waals surface area contributed by atoms with E-state index in [1.165, 1.54) is 0 Å². The fraction of sp³-hybridized carbons (Fsp3) is 0.833. The highest BCUT2D eigenvalue weighted by Gasteiger charge is 1.98. The van der Waals surface area contributed by atoms with Gasteiger partial charge in [0.05, 0.1) is 12.7 Å². The third kappa shape index (κ3) is 5.28. The van der Waals surface area contributed by atoms with Gasteiger partial charge in [-0.25, -0.2) is 0 Å². The largest absolute Gasteiger partial charge is 0.382 e. The molecular weight excluding hydrogens is 118 g/mol. The second-order valence-electron chi connectivity index (χ2n) is 1.63. The molecule has 3 heteroatoms. The van der Waals surface area contributed by atoms with Crippen molar-refractivity contribution >= 4 is 0 Å². The molecule has 0 aliphatic heterocycles. The lowest BCUT2D eigenvalue weighted by atomic mass is 10.3. The molecule has 0 radical (unpaired) electrons. The highest BCUT2D eigenvalue weighted by Crippen LogP contribution is 1.88. The zero-order chi connectivity index (χ0) is 7.11. The summed E-state index contributed by atoms with van der Waals surface area (Å²) in [5, 5.41) is 16.7. The molecule has 0 aliphatic carbocycles. The molecule has 0 spiro atoms. The van der Waals surface area contributed by atoms with Gasteiger partial charge in [0.2, 0.25) is 0 Å². The minimum Gasteiger partial charge on any atom is -0.382 e. The van der Waals surface area contributed by atoms with Crippen LogP contribution < -0.4 is 0 Å². The van der Waals surface area contributed by atoms with E-state index in [0.717, 1.165) is 0 Å². The summed E-state index contributed by atoms with van der Waals surface area (Å²) in [6, 6.07) is 1.70. The van der Waals surface area contributed by atoms with Gasteiger partial charge in [-0.3, -0.25) is 0 Å². The number of nitrogens with zero attached hydrogens (tertiary/aromatic N) is 1. The van der Waals surface area contributed by atoms with Gasteiger partial charge in [-0.1, -0.05) is 0 Å². The van der Waals surface area contributed by atoms with Crippen LogP contribution in [-0.2, 0) is 4.74 Å². The van der Waals surface area contributed by atoms with Gasteiger partial charge in [0.15, 0.2) is 0 Å². The summed E-state index contributed by atoms with van der Waals surface area (Å²) >= 11 is 0. The molecule has 0 saturated heterocycles. The van der Waals surface area contributed by atoms with Crippen molar-refractivity contribution in [2.24, 2.45) is 0 Å². The lowest BCUT2D eigenvalue weighted by Gasteiger charge is -1.99. The third-order valence-corrected chi connectivity index (χ3v) is 0.889. The first-order valence-electron chi connectivity index (χ1n) is 2.96.